The second-order valence-electron chi connectivity index (χ2n) is 6.77. The number of carbonyl (C=O) groups is 1. The number of amides is 1. The van der Waals surface area contributed by atoms with Crippen molar-refractivity contribution in [1.29, 1.82) is 0 Å². The Balaban J connectivity index is 0.00000144. The molecule has 2 atom stereocenters. The van der Waals surface area contributed by atoms with Crippen molar-refractivity contribution in [2.24, 2.45) is 11.7 Å². The van der Waals surface area contributed by atoms with Crippen molar-refractivity contribution in [2.45, 2.75) is 44.2 Å². The molecular weight excluding hydrogens is 345 g/mol. The molecule has 3 rings (SSSR count). The largest absolute Gasteiger partial charge is 0.371 e. The molecule has 1 amide bonds. The number of piperidine rings is 1. The van der Waals surface area contributed by atoms with E-state index in [9.17, 15) is 4.79 Å². The lowest BCUT2D eigenvalue weighted by Gasteiger charge is -2.38. The van der Waals surface area contributed by atoms with Gasteiger partial charge in [-0.15, -0.1) is 24.8 Å². The average molecular weight is 374 g/mol. The monoisotopic (exact) mass is 373 g/mol. The maximum Gasteiger partial charge on any atom is 0.225 e. The molecule has 2 N–H and O–H groups in total. The van der Waals surface area contributed by atoms with Crippen molar-refractivity contribution in [1.82, 2.24) is 4.90 Å². The smallest absolute Gasteiger partial charge is 0.225 e. The van der Waals surface area contributed by atoms with Crippen LogP contribution in [-0.2, 0) is 4.79 Å². The number of carbonyl (C=O) groups excluding carboxylic acids is 1. The number of nitrogens with zero attached hydrogens (tertiary/aromatic N) is 2. The Kier molecular flexibility index (Phi) is 8.34. The fourth-order valence-electron chi connectivity index (χ4n) is 3.85. The lowest BCUT2D eigenvalue weighted by Crippen LogP contribution is -2.47. The Bertz CT molecular complexity index is 506. The van der Waals surface area contributed by atoms with Crippen LogP contribution in [0.2, 0.25) is 0 Å². The third-order valence-electron chi connectivity index (χ3n) is 5.31. The summed E-state index contributed by atoms with van der Waals surface area (Å²) >= 11 is 0. The minimum absolute atomic E-state index is 0. The molecule has 1 aliphatic heterocycles. The van der Waals surface area contributed by atoms with E-state index in [4.69, 9.17) is 5.73 Å². The van der Waals surface area contributed by atoms with Crippen LogP contribution in [0.3, 0.4) is 0 Å². The molecule has 1 saturated carbocycles. The molecule has 0 bridgehead atoms. The normalized spacial score (nSPS) is 24.0. The number of likely N-dealkylation sites (tertiary alicyclic amines) is 1. The predicted molar refractivity (Wildman–Crippen MR) is 104 cm³/mol. The molecule has 1 aromatic rings. The highest BCUT2D eigenvalue weighted by molar-refractivity contribution is 5.85. The number of halogens is 2. The molecule has 1 aromatic carbocycles. The standard InChI is InChI=1S/C18H27N3O.2ClH/c1-20(16-5-3-2-4-6-16)17-9-11-21(12-10-17)18(22)14-7-8-15(19)13-14;;/h2-6,14-15,17H,7-13,19H2,1H3;2*1H. The lowest BCUT2D eigenvalue weighted by molar-refractivity contribution is -0.136. The number of hydrogen-bond acceptors (Lipinski definition) is 3. The van der Waals surface area contributed by atoms with E-state index >= 15 is 0 Å². The second-order valence-corrected chi connectivity index (χ2v) is 6.77. The van der Waals surface area contributed by atoms with Crippen LogP contribution in [0.1, 0.15) is 32.1 Å². The van der Waals surface area contributed by atoms with Crippen LogP contribution in [0.15, 0.2) is 30.3 Å². The van der Waals surface area contributed by atoms with E-state index in [1.165, 1.54) is 5.69 Å². The van der Waals surface area contributed by atoms with E-state index in [2.05, 4.69) is 41.1 Å². The first-order valence-electron chi connectivity index (χ1n) is 8.47. The quantitative estimate of drug-likeness (QED) is 0.885. The van der Waals surface area contributed by atoms with E-state index in [1.54, 1.807) is 0 Å². The van der Waals surface area contributed by atoms with Crippen LogP contribution in [0, 0.1) is 5.92 Å². The number of hydrogen-bond donors (Lipinski definition) is 1. The zero-order valence-electron chi connectivity index (χ0n) is 14.3. The fourth-order valence-corrected chi connectivity index (χ4v) is 3.85. The summed E-state index contributed by atoms with van der Waals surface area (Å²) in [7, 11) is 2.16. The highest BCUT2D eigenvalue weighted by atomic mass is 35.5. The summed E-state index contributed by atoms with van der Waals surface area (Å²) in [6, 6.07) is 11.3. The van der Waals surface area contributed by atoms with Gasteiger partial charge in [0.25, 0.3) is 0 Å². The molecular formula is C18H29Cl2N3O. The van der Waals surface area contributed by atoms with Gasteiger partial charge in [0.05, 0.1) is 0 Å². The van der Waals surface area contributed by atoms with Crippen LogP contribution in [0.25, 0.3) is 0 Å². The molecule has 136 valence electrons. The van der Waals surface area contributed by atoms with Gasteiger partial charge in [0.2, 0.25) is 5.91 Å². The molecule has 4 nitrogen and oxygen atoms in total. The first-order chi connectivity index (χ1) is 10.6. The van der Waals surface area contributed by atoms with Crippen molar-refractivity contribution in [2.75, 3.05) is 25.0 Å². The molecule has 2 aliphatic rings. The van der Waals surface area contributed by atoms with Gasteiger partial charge in [0, 0.05) is 43.8 Å². The number of nitrogens with two attached hydrogens (primary N) is 1. The zero-order valence-corrected chi connectivity index (χ0v) is 15.9. The summed E-state index contributed by atoms with van der Waals surface area (Å²) in [5.74, 6) is 0.521. The van der Waals surface area contributed by atoms with Gasteiger partial charge >= 0.3 is 0 Å². The van der Waals surface area contributed by atoms with Crippen molar-refractivity contribution in [3.05, 3.63) is 30.3 Å². The first-order valence-corrected chi connectivity index (χ1v) is 8.47. The van der Waals surface area contributed by atoms with Crippen LogP contribution in [0.4, 0.5) is 5.69 Å². The summed E-state index contributed by atoms with van der Waals surface area (Å²) in [4.78, 5) is 17.0. The van der Waals surface area contributed by atoms with Gasteiger partial charge in [-0.25, -0.2) is 0 Å². The molecule has 1 saturated heterocycles. The van der Waals surface area contributed by atoms with Gasteiger partial charge in [0.15, 0.2) is 0 Å². The van der Waals surface area contributed by atoms with E-state index in [1.807, 2.05) is 6.07 Å². The van der Waals surface area contributed by atoms with Gasteiger partial charge in [-0.1, -0.05) is 18.2 Å². The van der Waals surface area contributed by atoms with Gasteiger partial charge in [0.1, 0.15) is 0 Å². The highest BCUT2D eigenvalue weighted by Crippen LogP contribution is 2.28. The summed E-state index contributed by atoms with van der Waals surface area (Å²) in [5.41, 5.74) is 7.20. The number of rotatable bonds is 3. The fraction of sp³-hybridized carbons (Fsp3) is 0.611. The number of para-hydroxylation sites is 1. The summed E-state index contributed by atoms with van der Waals surface area (Å²) < 4.78 is 0. The maximum atomic E-state index is 12.5. The Hall–Kier alpha value is -0.970. The molecule has 2 fully saturated rings. The van der Waals surface area contributed by atoms with Crippen molar-refractivity contribution < 1.29 is 4.79 Å². The molecule has 0 radical (unpaired) electrons. The zero-order chi connectivity index (χ0) is 15.5. The molecule has 0 aromatic heterocycles. The first kappa shape index (κ1) is 21.1. The Labute approximate surface area is 157 Å². The second kappa shape index (κ2) is 9.50. The molecule has 1 heterocycles. The predicted octanol–water partition coefficient (Wildman–Crippen LogP) is 3.08. The van der Waals surface area contributed by atoms with E-state index < -0.39 is 0 Å². The van der Waals surface area contributed by atoms with Crippen LogP contribution < -0.4 is 10.6 Å². The van der Waals surface area contributed by atoms with Gasteiger partial charge in [-0.3, -0.25) is 4.79 Å². The molecule has 2 unspecified atom stereocenters. The minimum Gasteiger partial charge on any atom is -0.371 e. The van der Waals surface area contributed by atoms with Crippen LogP contribution in [0.5, 0.6) is 0 Å². The Morgan fingerprint density at radius 1 is 1.08 bits per heavy atom. The average Bonchev–Trinajstić information content (AvgIpc) is 3.01. The van der Waals surface area contributed by atoms with E-state index in [0.717, 1.165) is 45.2 Å². The summed E-state index contributed by atoms with van der Waals surface area (Å²) in [5, 5.41) is 0. The van der Waals surface area contributed by atoms with E-state index in [0.29, 0.717) is 11.9 Å². The summed E-state index contributed by atoms with van der Waals surface area (Å²) in [6.45, 7) is 1.76. The van der Waals surface area contributed by atoms with Crippen molar-refractivity contribution >= 4 is 36.4 Å². The summed E-state index contributed by atoms with van der Waals surface area (Å²) in [6.07, 6.45) is 4.96. The van der Waals surface area contributed by atoms with Gasteiger partial charge < -0.3 is 15.5 Å². The van der Waals surface area contributed by atoms with E-state index in [-0.39, 0.29) is 36.8 Å². The van der Waals surface area contributed by atoms with Crippen LogP contribution >= 0.6 is 24.8 Å². The number of anilines is 1. The van der Waals surface area contributed by atoms with Crippen molar-refractivity contribution in [3.8, 4) is 0 Å². The molecule has 6 heteroatoms. The third kappa shape index (κ3) is 4.78. The Morgan fingerprint density at radius 3 is 2.25 bits per heavy atom. The Morgan fingerprint density at radius 2 is 1.71 bits per heavy atom. The number of benzene rings is 1. The maximum absolute atomic E-state index is 12.5. The lowest BCUT2D eigenvalue weighted by atomic mass is 9.99. The topological polar surface area (TPSA) is 49.6 Å². The SMILES string of the molecule is CN(c1ccccc1)C1CCN(C(=O)C2CCC(N)C2)CC1.Cl.Cl. The van der Waals surface area contributed by atoms with Crippen LogP contribution in [-0.4, -0.2) is 43.0 Å². The van der Waals surface area contributed by atoms with Gasteiger partial charge in [-0.05, 0) is 44.2 Å². The molecule has 0 spiro atoms. The third-order valence-corrected chi connectivity index (χ3v) is 5.31. The van der Waals surface area contributed by atoms with Crippen molar-refractivity contribution in [3.63, 3.8) is 0 Å². The molecule has 1 aliphatic carbocycles. The van der Waals surface area contributed by atoms with Gasteiger partial charge in [-0.2, -0.15) is 0 Å². The highest BCUT2D eigenvalue weighted by Gasteiger charge is 2.33. The molecule has 24 heavy (non-hydrogen) atoms. The minimum atomic E-state index is 0.